The van der Waals surface area contributed by atoms with Gasteiger partial charge in [0.2, 0.25) is 24.1 Å². The number of aliphatic carboxylic acids is 1. The average Bonchev–Trinajstić information content (AvgIpc) is 3.63. The Hall–Kier alpha value is -5.13. The van der Waals surface area contributed by atoms with Crippen LogP contribution in [0.4, 0.5) is 0 Å². The maximum absolute atomic E-state index is 13.9. The molecule has 7 N–H and O–H groups in total. The van der Waals surface area contributed by atoms with Crippen LogP contribution < -0.4 is 21.3 Å². The van der Waals surface area contributed by atoms with E-state index in [2.05, 4.69) is 31.2 Å². The number of para-hydroxylation sites is 2. The standard InChI is InChI=1S/C35H44N6O6/c1-20(2)13-28(38-19-42)32(43)40-30(15-22-17-36-26-11-7-5-9-24(22)26)34(45)39-29(14-21(3)4)33(44)41-31(35(46)47)16-23-18-37-27-12-8-6-10-25(23)27/h5-12,17-21,28-31,36-37H,13-16H2,1-4H3,(H,38,42)(H,39,45)(H,40,43)(H,41,44)(H,46,47)/t28-,29-,30+,31+/m1/s1. The third kappa shape index (κ3) is 9.21. The van der Waals surface area contributed by atoms with Crippen LogP contribution >= 0.6 is 0 Å². The molecule has 0 saturated heterocycles. The molecule has 0 fully saturated rings. The fourth-order valence-corrected chi connectivity index (χ4v) is 5.77. The summed E-state index contributed by atoms with van der Waals surface area (Å²) in [6.07, 6.45) is 4.68. The molecule has 0 spiro atoms. The number of carbonyl (C=O) groups excluding carboxylic acids is 4. The zero-order valence-corrected chi connectivity index (χ0v) is 27.1. The van der Waals surface area contributed by atoms with E-state index >= 15 is 0 Å². The second-order valence-electron chi connectivity index (χ2n) is 12.7. The molecule has 0 unspecified atom stereocenters. The molecule has 4 aromatic rings. The van der Waals surface area contributed by atoms with Crippen LogP contribution in [0.3, 0.4) is 0 Å². The topological polar surface area (TPSA) is 185 Å². The molecule has 4 atom stereocenters. The highest BCUT2D eigenvalue weighted by Crippen LogP contribution is 2.21. The van der Waals surface area contributed by atoms with E-state index in [0.717, 1.165) is 32.9 Å². The molecule has 4 amide bonds. The van der Waals surface area contributed by atoms with Gasteiger partial charge in [0.15, 0.2) is 0 Å². The number of fused-ring (bicyclic) bond motifs is 2. The molecule has 0 aliphatic carbocycles. The summed E-state index contributed by atoms with van der Waals surface area (Å²) in [7, 11) is 0. The number of rotatable bonds is 17. The van der Waals surface area contributed by atoms with Crippen molar-refractivity contribution in [2.24, 2.45) is 11.8 Å². The Morgan fingerprint density at radius 3 is 1.60 bits per heavy atom. The Balaban J connectivity index is 1.56. The quantitative estimate of drug-likeness (QED) is 0.0866. The van der Waals surface area contributed by atoms with Gasteiger partial charge in [-0.1, -0.05) is 64.1 Å². The Labute approximate surface area is 273 Å². The number of aromatic nitrogens is 2. The van der Waals surface area contributed by atoms with Crippen molar-refractivity contribution in [2.75, 3.05) is 0 Å². The van der Waals surface area contributed by atoms with Crippen LogP contribution in [0, 0.1) is 11.8 Å². The molecular weight excluding hydrogens is 600 g/mol. The molecule has 0 bridgehead atoms. The summed E-state index contributed by atoms with van der Waals surface area (Å²) in [6.45, 7) is 7.61. The number of hydrogen-bond donors (Lipinski definition) is 7. The third-order valence-electron chi connectivity index (χ3n) is 8.08. The Morgan fingerprint density at radius 2 is 1.09 bits per heavy atom. The molecule has 12 nitrogen and oxygen atoms in total. The van der Waals surface area contributed by atoms with Gasteiger partial charge in [0.1, 0.15) is 24.2 Å². The second kappa shape index (κ2) is 15.9. The minimum atomic E-state index is -1.25. The summed E-state index contributed by atoms with van der Waals surface area (Å²) in [5.41, 5.74) is 3.23. The number of hydrogen-bond acceptors (Lipinski definition) is 5. The van der Waals surface area contributed by atoms with Crippen molar-refractivity contribution < 1.29 is 29.1 Å². The minimum absolute atomic E-state index is 0.0307. The Morgan fingerprint density at radius 1 is 0.660 bits per heavy atom. The average molecular weight is 645 g/mol. The van der Waals surface area contributed by atoms with Crippen molar-refractivity contribution in [3.63, 3.8) is 0 Å². The summed E-state index contributed by atoms with van der Waals surface area (Å²) >= 11 is 0. The van der Waals surface area contributed by atoms with E-state index in [1.807, 2.05) is 76.2 Å². The van der Waals surface area contributed by atoms with E-state index < -0.39 is 47.9 Å². The lowest BCUT2D eigenvalue weighted by Gasteiger charge is -2.27. The predicted octanol–water partition coefficient (Wildman–Crippen LogP) is 3.18. The maximum Gasteiger partial charge on any atom is 0.326 e. The molecule has 12 heteroatoms. The number of H-pyrrole nitrogens is 2. The Kier molecular flexibility index (Phi) is 11.8. The molecule has 0 saturated carbocycles. The van der Waals surface area contributed by atoms with Gasteiger partial charge in [-0.3, -0.25) is 19.2 Å². The number of carboxylic acids is 1. The Bertz CT molecular complexity index is 1710. The van der Waals surface area contributed by atoms with E-state index in [1.165, 1.54) is 0 Å². The normalized spacial score (nSPS) is 14.0. The smallest absolute Gasteiger partial charge is 0.326 e. The van der Waals surface area contributed by atoms with Gasteiger partial charge >= 0.3 is 5.97 Å². The lowest BCUT2D eigenvalue weighted by molar-refractivity contribution is -0.142. The number of aromatic amines is 2. The van der Waals surface area contributed by atoms with E-state index in [9.17, 15) is 29.1 Å². The SMILES string of the molecule is CC(C)C[C@@H](NC=O)C(=O)N[C@@H](Cc1c[nH]c2ccccc12)C(=O)N[C@H](CC(C)C)C(=O)N[C@@H](Cc1c[nH]c2ccccc12)C(=O)O. The van der Waals surface area contributed by atoms with Crippen LogP contribution in [-0.2, 0) is 36.8 Å². The molecule has 0 radical (unpaired) electrons. The van der Waals surface area contributed by atoms with E-state index in [-0.39, 0.29) is 31.1 Å². The van der Waals surface area contributed by atoms with Crippen molar-refractivity contribution in [1.29, 1.82) is 0 Å². The first-order valence-corrected chi connectivity index (χ1v) is 15.9. The van der Waals surface area contributed by atoms with Crippen molar-refractivity contribution in [1.82, 2.24) is 31.2 Å². The van der Waals surface area contributed by atoms with E-state index in [1.54, 1.807) is 12.4 Å². The lowest BCUT2D eigenvalue weighted by atomic mass is 9.99. The van der Waals surface area contributed by atoms with Crippen LogP contribution in [0.15, 0.2) is 60.9 Å². The highest BCUT2D eigenvalue weighted by Gasteiger charge is 2.32. The maximum atomic E-state index is 13.9. The van der Waals surface area contributed by atoms with Crippen LogP contribution in [0.5, 0.6) is 0 Å². The first-order valence-electron chi connectivity index (χ1n) is 15.9. The summed E-state index contributed by atoms with van der Waals surface area (Å²) in [6, 6.07) is 10.8. The minimum Gasteiger partial charge on any atom is -0.480 e. The highest BCUT2D eigenvalue weighted by atomic mass is 16.4. The molecule has 250 valence electrons. The number of nitrogens with one attached hydrogen (secondary N) is 6. The van der Waals surface area contributed by atoms with Gasteiger partial charge in [-0.25, -0.2) is 4.79 Å². The number of amides is 4. The summed E-state index contributed by atoms with van der Waals surface area (Å²) in [5, 5.41) is 22.5. The summed E-state index contributed by atoms with van der Waals surface area (Å²) < 4.78 is 0. The zero-order valence-electron chi connectivity index (χ0n) is 27.1. The summed E-state index contributed by atoms with van der Waals surface area (Å²) in [4.78, 5) is 70.8. The monoisotopic (exact) mass is 644 g/mol. The molecule has 2 heterocycles. The molecule has 2 aromatic carbocycles. The number of carboxylic acid groups (broad SMARTS) is 1. The van der Waals surface area contributed by atoms with Crippen LogP contribution in [-0.4, -0.2) is 69.3 Å². The van der Waals surface area contributed by atoms with Crippen LogP contribution in [0.2, 0.25) is 0 Å². The fourth-order valence-electron chi connectivity index (χ4n) is 5.77. The van der Waals surface area contributed by atoms with Crippen molar-refractivity contribution in [3.05, 3.63) is 72.1 Å². The van der Waals surface area contributed by atoms with Crippen molar-refractivity contribution in [2.45, 2.75) is 77.5 Å². The fraction of sp³-hybridized carbons (Fsp3) is 0.400. The second-order valence-corrected chi connectivity index (χ2v) is 12.7. The van der Waals surface area contributed by atoms with Gasteiger partial charge in [0.25, 0.3) is 0 Å². The van der Waals surface area contributed by atoms with E-state index in [4.69, 9.17) is 0 Å². The number of benzene rings is 2. The highest BCUT2D eigenvalue weighted by molar-refractivity contribution is 5.95. The van der Waals surface area contributed by atoms with Gasteiger partial charge in [0, 0.05) is 47.0 Å². The first-order chi connectivity index (χ1) is 22.5. The lowest BCUT2D eigenvalue weighted by Crippen LogP contribution is -2.58. The zero-order chi connectivity index (χ0) is 34.1. The molecule has 4 rings (SSSR count). The summed E-state index contributed by atoms with van der Waals surface area (Å²) in [5.74, 6) is -2.93. The predicted molar refractivity (Wildman–Crippen MR) is 179 cm³/mol. The van der Waals surface area contributed by atoms with E-state index in [0.29, 0.717) is 12.8 Å². The van der Waals surface area contributed by atoms with Gasteiger partial charge in [0.05, 0.1) is 0 Å². The third-order valence-corrected chi connectivity index (χ3v) is 8.08. The van der Waals surface area contributed by atoms with Crippen molar-refractivity contribution >= 4 is 51.9 Å². The van der Waals surface area contributed by atoms with Crippen LogP contribution in [0.25, 0.3) is 21.8 Å². The van der Waals surface area contributed by atoms with Gasteiger partial charge in [-0.2, -0.15) is 0 Å². The molecule has 0 aliphatic heterocycles. The first kappa shape index (κ1) is 34.7. The molecule has 0 aliphatic rings. The van der Waals surface area contributed by atoms with Crippen LogP contribution in [0.1, 0.15) is 51.7 Å². The molecule has 2 aromatic heterocycles. The largest absolute Gasteiger partial charge is 0.480 e. The number of carbonyl (C=O) groups is 5. The molecule has 47 heavy (non-hydrogen) atoms. The van der Waals surface area contributed by atoms with Gasteiger partial charge in [-0.15, -0.1) is 0 Å². The molecular formula is C35H44N6O6. The van der Waals surface area contributed by atoms with Crippen molar-refractivity contribution in [3.8, 4) is 0 Å². The van der Waals surface area contributed by atoms with Gasteiger partial charge < -0.3 is 36.3 Å². The van der Waals surface area contributed by atoms with Gasteiger partial charge in [-0.05, 0) is 47.9 Å².